The molecule has 1 atom stereocenters. The van der Waals surface area contributed by atoms with E-state index in [9.17, 15) is 13.2 Å². The SMILES string of the molecule is FC(F)(F)NC[C@@H]1CCCCN1C1CC1. The van der Waals surface area contributed by atoms with Gasteiger partial charge < -0.3 is 0 Å². The molecular weight excluding hydrogens is 205 g/mol. The molecule has 0 unspecified atom stereocenters. The first-order valence-electron chi connectivity index (χ1n) is 5.64. The van der Waals surface area contributed by atoms with Crippen LogP contribution in [0, 0.1) is 0 Å². The average Bonchev–Trinajstić information content (AvgIpc) is 2.97. The van der Waals surface area contributed by atoms with E-state index in [4.69, 9.17) is 0 Å². The molecule has 1 aliphatic heterocycles. The molecule has 1 saturated heterocycles. The quantitative estimate of drug-likeness (QED) is 0.736. The molecule has 0 aromatic heterocycles. The molecule has 0 amide bonds. The lowest BCUT2D eigenvalue weighted by atomic mass is 10.0. The zero-order valence-corrected chi connectivity index (χ0v) is 8.69. The Morgan fingerprint density at radius 1 is 1.13 bits per heavy atom. The van der Waals surface area contributed by atoms with Crippen LogP contribution in [0.5, 0.6) is 0 Å². The maximum Gasteiger partial charge on any atom is 0.457 e. The van der Waals surface area contributed by atoms with Gasteiger partial charge in [0.2, 0.25) is 0 Å². The Morgan fingerprint density at radius 2 is 1.87 bits per heavy atom. The average molecular weight is 222 g/mol. The molecule has 0 aromatic carbocycles. The number of alkyl halides is 3. The number of likely N-dealkylation sites (tertiary alicyclic amines) is 1. The van der Waals surface area contributed by atoms with Crippen molar-refractivity contribution in [2.45, 2.75) is 50.5 Å². The van der Waals surface area contributed by atoms with Crippen molar-refractivity contribution < 1.29 is 13.2 Å². The molecule has 0 radical (unpaired) electrons. The summed E-state index contributed by atoms with van der Waals surface area (Å²) in [7, 11) is 0. The van der Waals surface area contributed by atoms with Crippen molar-refractivity contribution in [1.82, 2.24) is 10.2 Å². The highest BCUT2D eigenvalue weighted by atomic mass is 19.4. The van der Waals surface area contributed by atoms with E-state index in [0.29, 0.717) is 6.04 Å². The summed E-state index contributed by atoms with van der Waals surface area (Å²) in [6.45, 7) is 1.04. The Labute approximate surface area is 87.8 Å². The van der Waals surface area contributed by atoms with Gasteiger partial charge in [0.1, 0.15) is 0 Å². The number of hydrogen-bond donors (Lipinski definition) is 1. The van der Waals surface area contributed by atoms with E-state index in [2.05, 4.69) is 4.90 Å². The number of halogens is 3. The second-order valence-corrected chi connectivity index (χ2v) is 4.50. The third-order valence-corrected chi connectivity index (χ3v) is 3.23. The summed E-state index contributed by atoms with van der Waals surface area (Å²) >= 11 is 0. The Balaban J connectivity index is 1.82. The van der Waals surface area contributed by atoms with Crippen molar-refractivity contribution in [2.75, 3.05) is 13.1 Å². The van der Waals surface area contributed by atoms with E-state index >= 15 is 0 Å². The fourth-order valence-corrected chi connectivity index (χ4v) is 2.36. The molecule has 2 fully saturated rings. The molecule has 2 nitrogen and oxygen atoms in total. The summed E-state index contributed by atoms with van der Waals surface area (Å²) in [5, 5.41) is 1.66. The highest BCUT2D eigenvalue weighted by molar-refractivity contribution is 4.91. The number of nitrogens with zero attached hydrogens (tertiary/aromatic N) is 1. The van der Waals surface area contributed by atoms with Gasteiger partial charge in [0.05, 0.1) is 0 Å². The first-order chi connectivity index (χ1) is 7.06. The van der Waals surface area contributed by atoms with Gasteiger partial charge >= 0.3 is 6.30 Å². The number of rotatable bonds is 3. The third kappa shape index (κ3) is 3.34. The first kappa shape index (κ1) is 11.2. The van der Waals surface area contributed by atoms with E-state index in [0.717, 1.165) is 25.8 Å². The van der Waals surface area contributed by atoms with Gasteiger partial charge in [0.15, 0.2) is 0 Å². The van der Waals surface area contributed by atoms with Crippen LogP contribution in [0.3, 0.4) is 0 Å². The fraction of sp³-hybridized carbons (Fsp3) is 1.00. The molecule has 1 heterocycles. The zero-order chi connectivity index (χ0) is 10.9. The molecule has 1 N–H and O–H groups in total. The molecule has 0 spiro atoms. The van der Waals surface area contributed by atoms with E-state index < -0.39 is 6.30 Å². The van der Waals surface area contributed by atoms with Gasteiger partial charge in [-0.05, 0) is 32.2 Å². The van der Waals surface area contributed by atoms with E-state index in [1.54, 1.807) is 5.32 Å². The van der Waals surface area contributed by atoms with Crippen LogP contribution >= 0.6 is 0 Å². The van der Waals surface area contributed by atoms with Crippen LogP contribution < -0.4 is 5.32 Å². The van der Waals surface area contributed by atoms with Crippen molar-refractivity contribution in [3.63, 3.8) is 0 Å². The second kappa shape index (κ2) is 4.29. The van der Waals surface area contributed by atoms with Gasteiger partial charge in [0.25, 0.3) is 0 Å². The summed E-state index contributed by atoms with van der Waals surface area (Å²) < 4.78 is 36.1. The lowest BCUT2D eigenvalue weighted by Gasteiger charge is -2.36. The minimum atomic E-state index is -4.23. The van der Waals surface area contributed by atoms with Gasteiger partial charge in [-0.15, -0.1) is 0 Å². The summed E-state index contributed by atoms with van der Waals surface area (Å²) in [5.74, 6) is 0. The van der Waals surface area contributed by atoms with Crippen LogP contribution in [0.2, 0.25) is 0 Å². The Hall–Kier alpha value is -0.290. The normalized spacial score (nSPS) is 29.4. The summed E-state index contributed by atoms with van der Waals surface area (Å²) in [6, 6.07) is 0.665. The highest BCUT2D eigenvalue weighted by Gasteiger charge is 2.37. The molecule has 0 aromatic rings. The van der Waals surface area contributed by atoms with Gasteiger partial charge in [-0.2, -0.15) is 13.2 Å². The summed E-state index contributed by atoms with van der Waals surface area (Å²) in [6.07, 6.45) is 1.21. The monoisotopic (exact) mass is 222 g/mol. The predicted octanol–water partition coefficient (Wildman–Crippen LogP) is 2.11. The van der Waals surface area contributed by atoms with Gasteiger partial charge in [-0.25, -0.2) is 5.32 Å². The maximum atomic E-state index is 12.0. The molecule has 5 heteroatoms. The van der Waals surface area contributed by atoms with Gasteiger partial charge in [0, 0.05) is 18.6 Å². The second-order valence-electron chi connectivity index (χ2n) is 4.50. The number of hydrogen-bond acceptors (Lipinski definition) is 2. The first-order valence-corrected chi connectivity index (χ1v) is 5.64. The topological polar surface area (TPSA) is 15.3 Å². The molecule has 15 heavy (non-hydrogen) atoms. The molecule has 2 aliphatic rings. The number of nitrogens with one attached hydrogen (secondary N) is 1. The minimum absolute atomic E-state index is 0.0556. The van der Waals surface area contributed by atoms with Gasteiger partial charge in [-0.1, -0.05) is 6.42 Å². The van der Waals surface area contributed by atoms with E-state index in [1.807, 2.05) is 0 Å². The lowest BCUT2D eigenvalue weighted by molar-refractivity contribution is -0.159. The molecule has 88 valence electrons. The standard InChI is InChI=1S/C10H17F3N2/c11-10(12,13)14-7-9-3-1-2-6-15(9)8-4-5-8/h8-9,14H,1-7H2/t9-/m0/s1. The van der Waals surface area contributed by atoms with Crippen molar-refractivity contribution in [3.05, 3.63) is 0 Å². The third-order valence-electron chi connectivity index (χ3n) is 3.23. The smallest absolute Gasteiger partial charge is 0.296 e. The van der Waals surface area contributed by atoms with Crippen LogP contribution in [-0.2, 0) is 0 Å². The summed E-state index contributed by atoms with van der Waals surface area (Å²) in [5.41, 5.74) is 0. The highest BCUT2D eigenvalue weighted by Crippen LogP contribution is 2.32. The van der Waals surface area contributed by atoms with Crippen molar-refractivity contribution in [2.24, 2.45) is 0 Å². The van der Waals surface area contributed by atoms with Gasteiger partial charge in [-0.3, -0.25) is 4.90 Å². The van der Waals surface area contributed by atoms with Crippen molar-refractivity contribution in [3.8, 4) is 0 Å². The van der Waals surface area contributed by atoms with Crippen LogP contribution in [0.15, 0.2) is 0 Å². The predicted molar refractivity (Wildman–Crippen MR) is 51.4 cm³/mol. The summed E-state index contributed by atoms with van der Waals surface area (Å²) in [4.78, 5) is 2.27. The lowest BCUT2D eigenvalue weighted by Crippen LogP contribution is -2.49. The fourth-order valence-electron chi connectivity index (χ4n) is 2.36. The van der Waals surface area contributed by atoms with E-state index in [-0.39, 0.29) is 12.6 Å². The van der Waals surface area contributed by atoms with Crippen LogP contribution in [0.4, 0.5) is 13.2 Å². The Bertz CT molecular complexity index is 213. The van der Waals surface area contributed by atoms with Crippen LogP contribution in [0.1, 0.15) is 32.1 Å². The minimum Gasteiger partial charge on any atom is -0.296 e. The Morgan fingerprint density at radius 3 is 2.47 bits per heavy atom. The molecule has 1 saturated carbocycles. The number of piperidine rings is 1. The Kier molecular flexibility index (Phi) is 3.21. The molecular formula is C10H17F3N2. The van der Waals surface area contributed by atoms with Crippen LogP contribution in [-0.4, -0.2) is 36.4 Å². The van der Waals surface area contributed by atoms with Crippen LogP contribution in [0.25, 0.3) is 0 Å². The largest absolute Gasteiger partial charge is 0.457 e. The molecule has 0 bridgehead atoms. The van der Waals surface area contributed by atoms with Crippen molar-refractivity contribution in [1.29, 1.82) is 0 Å². The zero-order valence-electron chi connectivity index (χ0n) is 8.69. The van der Waals surface area contributed by atoms with Crippen molar-refractivity contribution >= 4 is 0 Å². The van der Waals surface area contributed by atoms with E-state index in [1.165, 1.54) is 12.8 Å². The molecule has 1 aliphatic carbocycles. The molecule has 2 rings (SSSR count). The maximum absolute atomic E-state index is 12.0.